The third kappa shape index (κ3) is 2.27. The fraction of sp³-hybridized carbons (Fsp3) is 0.250. The molecule has 2 nitrogen and oxygen atoms in total. The monoisotopic (exact) mass is 191 g/mol. The van der Waals surface area contributed by atoms with Crippen LogP contribution in [0.1, 0.15) is 5.56 Å². The molecule has 0 aliphatic rings. The Labute approximate surface area is 73.1 Å². The molecule has 0 heterocycles. The molecule has 0 bridgehead atoms. The van der Waals surface area contributed by atoms with Gasteiger partial charge in [-0.15, -0.1) is 0 Å². The van der Waals surface area contributed by atoms with Gasteiger partial charge in [0, 0.05) is 6.07 Å². The molecule has 0 fully saturated rings. The highest BCUT2D eigenvalue weighted by molar-refractivity contribution is 5.56. The van der Waals surface area contributed by atoms with E-state index in [9.17, 15) is 13.2 Å². The van der Waals surface area contributed by atoms with Gasteiger partial charge in [0.15, 0.2) is 5.75 Å². The second-order valence-electron chi connectivity index (χ2n) is 2.52. The van der Waals surface area contributed by atoms with E-state index in [-0.39, 0.29) is 17.0 Å². The molecule has 1 aromatic carbocycles. The van der Waals surface area contributed by atoms with Gasteiger partial charge in [-0.1, -0.05) is 0 Å². The number of hydrogen-bond acceptors (Lipinski definition) is 2. The Morgan fingerprint density at radius 3 is 2.46 bits per heavy atom. The van der Waals surface area contributed by atoms with E-state index in [2.05, 4.69) is 4.74 Å². The fourth-order valence-electron chi connectivity index (χ4n) is 1.01. The van der Waals surface area contributed by atoms with E-state index in [0.717, 1.165) is 12.1 Å². The standard InChI is InChI=1S/C8H8F3NO/c1-4-2-5(9)3-6(12)7(4)13-8(10)11/h2-3,8H,12H2,1H3. The Morgan fingerprint density at radius 2 is 2.00 bits per heavy atom. The lowest BCUT2D eigenvalue weighted by Crippen LogP contribution is -2.06. The van der Waals surface area contributed by atoms with Crippen molar-refractivity contribution in [2.24, 2.45) is 0 Å². The van der Waals surface area contributed by atoms with E-state index >= 15 is 0 Å². The quantitative estimate of drug-likeness (QED) is 0.728. The highest BCUT2D eigenvalue weighted by Crippen LogP contribution is 2.28. The molecule has 2 N–H and O–H groups in total. The van der Waals surface area contributed by atoms with Gasteiger partial charge < -0.3 is 10.5 Å². The topological polar surface area (TPSA) is 35.2 Å². The van der Waals surface area contributed by atoms with Gasteiger partial charge in [-0.05, 0) is 18.6 Å². The second-order valence-corrected chi connectivity index (χ2v) is 2.52. The number of anilines is 1. The van der Waals surface area contributed by atoms with Gasteiger partial charge in [-0.3, -0.25) is 0 Å². The molecule has 13 heavy (non-hydrogen) atoms. The lowest BCUT2D eigenvalue weighted by atomic mass is 10.2. The average Bonchev–Trinajstić information content (AvgIpc) is 1.96. The molecule has 0 aliphatic carbocycles. The molecule has 0 atom stereocenters. The maximum Gasteiger partial charge on any atom is 0.387 e. The van der Waals surface area contributed by atoms with Crippen LogP contribution >= 0.6 is 0 Å². The van der Waals surface area contributed by atoms with Crippen molar-refractivity contribution < 1.29 is 17.9 Å². The molecule has 0 aliphatic heterocycles. The molecule has 5 heteroatoms. The molecule has 0 spiro atoms. The summed E-state index contributed by atoms with van der Waals surface area (Å²) in [5.41, 5.74) is 5.39. The summed E-state index contributed by atoms with van der Waals surface area (Å²) in [5.74, 6) is -0.743. The van der Waals surface area contributed by atoms with Gasteiger partial charge in [0.1, 0.15) is 5.82 Å². The number of nitrogens with two attached hydrogens (primary N) is 1. The minimum atomic E-state index is -2.95. The van der Waals surface area contributed by atoms with E-state index in [1.165, 1.54) is 6.92 Å². The molecule has 0 radical (unpaired) electrons. The predicted octanol–water partition coefficient (Wildman–Crippen LogP) is 2.32. The van der Waals surface area contributed by atoms with Gasteiger partial charge >= 0.3 is 6.61 Å². The minimum absolute atomic E-state index is 0.127. The smallest absolute Gasteiger partial charge is 0.387 e. The van der Waals surface area contributed by atoms with Crippen molar-refractivity contribution in [2.45, 2.75) is 13.5 Å². The number of alkyl halides is 2. The Morgan fingerprint density at radius 1 is 1.38 bits per heavy atom. The van der Waals surface area contributed by atoms with E-state index in [1.54, 1.807) is 0 Å². The first-order valence-electron chi connectivity index (χ1n) is 3.51. The summed E-state index contributed by atoms with van der Waals surface area (Å²) in [6.45, 7) is -1.51. The van der Waals surface area contributed by atoms with Crippen LogP contribution in [0.4, 0.5) is 18.9 Å². The number of halogens is 3. The van der Waals surface area contributed by atoms with Gasteiger partial charge in [-0.25, -0.2) is 4.39 Å². The molecule has 1 aromatic rings. The maximum atomic E-state index is 12.6. The number of hydrogen-bond donors (Lipinski definition) is 1. The number of aryl methyl sites for hydroxylation is 1. The molecule has 0 amide bonds. The molecule has 0 saturated carbocycles. The van der Waals surface area contributed by atoms with Crippen LogP contribution in [0.15, 0.2) is 12.1 Å². The Bertz CT molecular complexity index is 291. The van der Waals surface area contributed by atoms with Crippen molar-refractivity contribution in [3.8, 4) is 5.75 Å². The zero-order chi connectivity index (χ0) is 10.0. The van der Waals surface area contributed by atoms with Crippen LogP contribution in [-0.2, 0) is 0 Å². The zero-order valence-electron chi connectivity index (χ0n) is 6.85. The average molecular weight is 191 g/mol. The number of benzene rings is 1. The summed E-state index contributed by atoms with van der Waals surface area (Å²) in [6.07, 6.45) is 0. The molecular formula is C8H8F3NO. The second kappa shape index (κ2) is 3.55. The first kappa shape index (κ1) is 9.70. The number of nitrogen functional groups attached to an aromatic ring is 1. The first-order chi connectivity index (χ1) is 6.00. The first-order valence-corrected chi connectivity index (χ1v) is 3.51. The Kier molecular flexibility index (Phi) is 2.65. The Hall–Kier alpha value is -1.39. The van der Waals surface area contributed by atoms with Gasteiger partial charge in [0.05, 0.1) is 5.69 Å². The SMILES string of the molecule is Cc1cc(F)cc(N)c1OC(F)F. The maximum absolute atomic E-state index is 12.6. The van der Waals surface area contributed by atoms with Crippen LogP contribution < -0.4 is 10.5 Å². The third-order valence-electron chi connectivity index (χ3n) is 1.48. The number of ether oxygens (including phenoxy) is 1. The van der Waals surface area contributed by atoms with Gasteiger partial charge in [0.25, 0.3) is 0 Å². The molecule has 1 rings (SSSR count). The highest BCUT2D eigenvalue weighted by Gasteiger charge is 2.11. The predicted molar refractivity (Wildman–Crippen MR) is 42.2 cm³/mol. The van der Waals surface area contributed by atoms with Crippen LogP contribution in [0, 0.1) is 12.7 Å². The summed E-state index contributed by atoms with van der Waals surface area (Å²) < 4.78 is 40.3. The molecule has 0 unspecified atom stereocenters. The summed E-state index contributed by atoms with van der Waals surface area (Å²) in [7, 11) is 0. The van der Waals surface area contributed by atoms with Gasteiger partial charge in [0.2, 0.25) is 0 Å². The van der Waals surface area contributed by atoms with Crippen LogP contribution in [0.25, 0.3) is 0 Å². The molecular weight excluding hydrogens is 183 g/mol. The normalized spacial score (nSPS) is 10.5. The van der Waals surface area contributed by atoms with Crippen molar-refractivity contribution >= 4 is 5.69 Å². The minimum Gasteiger partial charge on any atom is -0.432 e. The highest BCUT2D eigenvalue weighted by atomic mass is 19.3. The van der Waals surface area contributed by atoms with Crippen molar-refractivity contribution in [3.05, 3.63) is 23.5 Å². The van der Waals surface area contributed by atoms with Crippen molar-refractivity contribution in [1.82, 2.24) is 0 Å². The third-order valence-corrected chi connectivity index (χ3v) is 1.48. The van der Waals surface area contributed by atoms with Crippen LogP contribution in [0.3, 0.4) is 0 Å². The fourth-order valence-corrected chi connectivity index (χ4v) is 1.01. The lowest BCUT2D eigenvalue weighted by molar-refractivity contribution is -0.0498. The largest absolute Gasteiger partial charge is 0.432 e. The van der Waals surface area contributed by atoms with E-state index in [4.69, 9.17) is 5.73 Å². The lowest BCUT2D eigenvalue weighted by Gasteiger charge is -2.10. The van der Waals surface area contributed by atoms with Gasteiger partial charge in [-0.2, -0.15) is 8.78 Å². The Balaban J connectivity index is 3.06. The molecule has 0 saturated heterocycles. The summed E-state index contributed by atoms with van der Waals surface area (Å²) in [6, 6.07) is 2.01. The van der Waals surface area contributed by atoms with E-state index in [1.807, 2.05) is 0 Å². The van der Waals surface area contributed by atoms with Crippen molar-refractivity contribution in [2.75, 3.05) is 5.73 Å². The van der Waals surface area contributed by atoms with Crippen molar-refractivity contribution in [3.63, 3.8) is 0 Å². The van der Waals surface area contributed by atoms with Crippen LogP contribution in [0.2, 0.25) is 0 Å². The zero-order valence-corrected chi connectivity index (χ0v) is 6.85. The van der Waals surface area contributed by atoms with E-state index in [0.29, 0.717) is 0 Å². The van der Waals surface area contributed by atoms with Crippen LogP contribution in [-0.4, -0.2) is 6.61 Å². The molecule has 72 valence electrons. The summed E-state index contributed by atoms with van der Waals surface area (Å²) in [5, 5.41) is 0. The van der Waals surface area contributed by atoms with E-state index < -0.39 is 12.4 Å². The summed E-state index contributed by atoms with van der Waals surface area (Å²) in [4.78, 5) is 0. The molecule has 0 aromatic heterocycles. The van der Waals surface area contributed by atoms with Crippen molar-refractivity contribution in [1.29, 1.82) is 0 Å². The van der Waals surface area contributed by atoms with Crippen LogP contribution in [0.5, 0.6) is 5.75 Å². The summed E-state index contributed by atoms with van der Waals surface area (Å²) >= 11 is 0. The number of rotatable bonds is 2.